The number of oxazole rings is 1. The van der Waals surface area contributed by atoms with E-state index in [1.54, 1.807) is 12.3 Å². The Kier molecular flexibility index (Phi) is 4.06. The SMILES string of the molecule is Cc1coc(SCc2cc(F)cc(/C(N)=N/O)c2)n1. The number of aromatic nitrogens is 1. The maximum absolute atomic E-state index is 13.4. The van der Waals surface area contributed by atoms with Gasteiger partial charge in [0.05, 0.1) is 5.69 Å². The van der Waals surface area contributed by atoms with Crippen molar-refractivity contribution in [2.75, 3.05) is 0 Å². The van der Waals surface area contributed by atoms with E-state index in [9.17, 15) is 4.39 Å². The summed E-state index contributed by atoms with van der Waals surface area (Å²) in [4.78, 5) is 4.14. The number of rotatable bonds is 4. The summed E-state index contributed by atoms with van der Waals surface area (Å²) in [5.74, 6) is -0.0929. The van der Waals surface area contributed by atoms with Crippen LogP contribution in [-0.4, -0.2) is 16.0 Å². The van der Waals surface area contributed by atoms with E-state index in [1.165, 1.54) is 23.9 Å². The molecule has 1 heterocycles. The molecule has 0 unspecified atom stereocenters. The fraction of sp³-hybridized carbons (Fsp3) is 0.167. The molecule has 0 aliphatic carbocycles. The van der Waals surface area contributed by atoms with Gasteiger partial charge < -0.3 is 15.4 Å². The molecular weight excluding hydrogens is 269 g/mol. The first-order chi connectivity index (χ1) is 9.08. The average molecular weight is 281 g/mol. The lowest BCUT2D eigenvalue weighted by molar-refractivity contribution is 0.318. The van der Waals surface area contributed by atoms with Gasteiger partial charge in [-0.05, 0) is 30.7 Å². The van der Waals surface area contributed by atoms with E-state index in [4.69, 9.17) is 15.4 Å². The monoisotopic (exact) mass is 281 g/mol. The van der Waals surface area contributed by atoms with Crippen LogP contribution in [0.2, 0.25) is 0 Å². The lowest BCUT2D eigenvalue weighted by atomic mass is 10.1. The minimum atomic E-state index is -0.441. The largest absolute Gasteiger partial charge is 0.440 e. The number of hydrogen-bond donors (Lipinski definition) is 2. The molecule has 0 saturated heterocycles. The fourth-order valence-corrected chi connectivity index (χ4v) is 2.26. The van der Waals surface area contributed by atoms with Crippen molar-refractivity contribution in [3.8, 4) is 0 Å². The van der Waals surface area contributed by atoms with E-state index in [2.05, 4.69) is 10.1 Å². The van der Waals surface area contributed by atoms with Gasteiger partial charge in [0, 0.05) is 11.3 Å². The molecule has 0 bridgehead atoms. The van der Waals surface area contributed by atoms with Gasteiger partial charge in [0.2, 0.25) is 0 Å². The van der Waals surface area contributed by atoms with Gasteiger partial charge >= 0.3 is 0 Å². The second-order valence-electron chi connectivity index (χ2n) is 3.88. The van der Waals surface area contributed by atoms with Crippen molar-refractivity contribution in [3.63, 3.8) is 0 Å². The number of benzene rings is 1. The Hall–Kier alpha value is -2.02. The molecule has 0 amide bonds. The summed E-state index contributed by atoms with van der Waals surface area (Å²) in [7, 11) is 0. The van der Waals surface area contributed by atoms with Crippen molar-refractivity contribution in [2.45, 2.75) is 17.9 Å². The smallest absolute Gasteiger partial charge is 0.256 e. The Morgan fingerprint density at radius 3 is 2.95 bits per heavy atom. The van der Waals surface area contributed by atoms with E-state index < -0.39 is 5.82 Å². The molecule has 5 nitrogen and oxygen atoms in total. The molecule has 0 atom stereocenters. The summed E-state index contributed by atoms with van der Waals surface area (Å²) in [6, 6.07) is 4.25. The number of thioether (sulfide) groups is 1. The van der Waals surface area contributed by atoms with Crippen LogP contribution in [0.5, 0.6) is 0 Å². The number of aryl methyl sites for hydroxylation is 1. The van der Waals surface area contributed by atoms with E-state index in [1.807, 2.05) is 6.92 Å². The van der Waals surface area contributed by atoms with Gasteiger partial charge in [-0.1, -0.05) is 16.9 Å². The van der Waals surface area contributed by atoms with Crippen LogP contribution in [0, 0.1) is 12.7 Å². The van der Waals surface area contributed by atoms with Gasteiger partial charge in [-0.2, -0.15) is 0 Å². The molecule has 0 radical (unpaired) electrons. The van der Waals surface area contributed by atoms with Crippen molar-refractivity contribution < 1.29 is 14.0 Å². The van der Waals surface area contributed by atoms with Crippen LogP contribution in [0.3, 0.4) is 0 Å². The Balaban J connectivity index is 2.14. The average Bonchev–Trinajstić information content (AvgIpc) is 2.80. The van der Waals surface area contributed by atoms with Crippen LogP contribution in [0.15, 0.2) is 39.3 Å². The molecule has 19 heavy (non-hydrogen) atoms. The molecule has 0 aliphatic rings. The van der Waals surface area contributed by atoms with Crippen LogP contribution in [0.25, 0.3) is 0 Å². The van der Waals surface area contributed by atoms with Crippen LogP contribution >= 0.6 is 11.8 Å². The molecule has 0 saturated carbocycles. The number of oxime groups is 1. The molecule has 7 heteroatoms. The minimum Gasteiger partial charge on any atom is -0.440 e. The molecule has 3 N–H and O–H groups in total. The quantitative estimate of drug-likeness (QED) is 0.296. The highest BCUT2D eigenvalue weighted by Gasteiger charge is 2.07. The highest BCUT2D eigenvalue weighted by molar-refractivity contribution is 7.98. The summed E-state index contributed by atoms with van der Waals surface area (Å²) in [6.07, 6.45) is 1.55. The summed E-state index contributed by atoms with van der Waals surface area (Å²) in [5, 5.41) is 12.0. The van der Waals surface area contributed by atoms with Crippen LogP contribution < -0.4 is 5.73 Å². The number of halogens is 1. The van der Waals surface area contributed by atoms with Crippen molar-refractivity contribution >= 4 is 17.6 Å². The molecular formula is C12H12FN3O2S. The summed E-state index contributed by atoms with van der Waals surface area (Å²) in [5.41, 5.74) is 7.26. The maximum atomic E-state index is 13.4. The summed E-state index contributed by atoms with van der Waals surface area (Å²) >= 11 is 1.34. The second-order valence-corrected chi connectivity index (χ2v) is 4.80. The van der Waals surface area contributed by atoms with Crippen molar-refractivity contribution in [2.24, 2.45) is 10.9 Å². The molecule has 0 aliphatic heterocycles. The zero-order valence-corrected chi connectivity index (χ0v) is 10.9. The van der Waals surface area contributed by atoms with E-state index in [-0.39, 0.29) is 5.84 Å². The Bertz CT molecular complexity index is 613. The standard InChI is InChI=1S/C12H12FN3O2S/c1-7-5-18-12(15-7)19-6-8-2-9(11(14)16-17)4-10(13)3-8/h2-5,17H,6H2,1H3,(H2,14,16). The van der Waals surface area contributed by atoms with E-state index in [0.717, 1.165) is 5.69 Å². The topological polar surface area (TPSA) is 84.6 Å². The van der Waals surface area contributed by atoms with Gasteiger partial charge in [-0.15, -0.1) is 0 Å². The van der Waals surface area contributed by atoms with Gasteiger partial charge in [0.1, 0.15) is 12.1 Å². The third-order valence-corrected chi connectivity index (χ3v) is 3.23. The van der Waals surface area contributed by atoms with Crippen LogP contribution in [0.4, 0.5) is 4.39 Å². The summed E-state index contributed by atoms with van der Waals surface area (Å²) in [6.45, 7) is 1.83. The Morgan fingerprint density at radius 2 is 2.32 bits per heavy atom. The van der Waals surface area contributed by atoms with Crippen molar-refractivity contribution in [1.29, 1.82) is 0 Å². The molecule has 100 valence electrons. The van der Waals surface area contributed by atoms with Gasteiger partial charge in [-0.25, -0.2) is 9.37 Å². The van der Waals surface area contributed by atoms with Gasteiger partial charge in [0.15, 0.2) is 5.84 Å². The maximum Gasteiger partial charge on any atom is 0.256 e. The Morgan fingerprint density at radius 1 is 1.53 bits per heavy atom. The predicted molar refractivity (Wildman–Crippen MR) is 69.7 cm³/mol. The number of nitrogens with two attached hydrogens (primary N) is 1. The summed E-state index contributed by atoms with van der Waals surface area (Å²) < 4.78 is 18.6. The minimum absolute atomic E-state index is 0.127. The highest BCUT2D eigenvalue weighted by Crippen LogP contribution is 2.23. The van der Waals surface area contributed by atoms with Crippen molar-refractivity contribution in [1.82, 2.24) is 4.98 Å². The first kappa shape index (κ1) is 13.4. The molecule has 1 aromatic carbocycles. The lowest BCUT2D eigenvalue weighted by Gasteiger charge is -2.04. The molecule has 0 fully saturated rings. The van der Waals surface area contributed by atoms with Gasteiger partial charge in [0.25, 0.3) is 5.22 Å². The third-order valence-electron chi connectivity index (χ3n) is 2.32. The van der Waals surface area contributed by atoms with Crippen LogP contribution in [0.1, 0.15) is 16.8 Å². The number of nitrogens with zero attached hydrogens (tertiary/aromatic N) is 2. The third kappa shape index (κ3) is 3.47. The molecule has 1 aromatic heterocycles. The normalized spacial score (nSPS) is 11.8. The fourth-order valence-electron chi connectivity index (χ4n) is 1.48. The zero-order chi connectivity index (χ0) is 13.8. The number of hydrogen-bond acceptors (Lipinski definition) is 5. The first-order valence-electron chi connectivity index (χ1n) is 5.41. The molecule has 0 spiro atoms. The molecule has 2 rings (SSSR count). The van der Waals surface area contributed by atoms with E-state index in [0.29, 0.717) is 22.1 Å². The van der Waals surface area contributed by atoms with Gasteiger partial charge in [-0.3, -0.25) is 0 Å². The highest BCUT2D eigenvalue weighted by atomic mass is 32.2. The molecule has 2 aromatic rings. The zero-order valence-electron chi connectivity index (χ0n) is 10.1. The van der Waals surface area contributed by atoms with Crippen LogP contribution in [-0.2, 0) is 5.75 Å². The second kappa shape index (κ2) is 5.75. The lowest BCUT2D eigenvalue weighted by Crippen LogP contribution is -2.13. The Labute approximate surface area is 113 Å². The first-order valence-corrected chi connectivity index (χ1v) is 6.39. The van der Waals surface area contributed by atoms with Crippen molar-refractivity contribution in [3.05, 3.63) is 47.1 Å². The number of amidine groups is 1. The predicted octanol–water partition coefficient (Wildman–Crippen LogP) is 2.51. The van der Waals surface area contributed by atoms with E-state index >= 15 is 0 Å².